The van der Waals surface area contributed by atoms with Crippen LogP contribution in [0, 0.1) is 11.7 Å². The maximum atomic E-state index is 14.3. The third-order valence-corrected chi connectivity index (χ3v) is 7.14. The molecule has 0 radical (unpaired) electrons. The standard InChI is InChI=1S/C29H43F4NO3/c1-2-3-4-5-6-7-8-9-10-11-12-13-14-22-37-28(36)23-18-20-34(21-19-23)27(35)24-16-15-17-25(26(24)30)29(31,32)33/h15-17,23H,2-14,18-22H2,1H3. The average Bonchev–Trinajstić information content (AvgIpc) is 2.88. The van der Waals surface area contributed by atoms with E-state index in [4.69, 9.17) is 4.74 Å². The van der Waals surface area contributed by atoms with Gasteiger partial charge in [-0.25, -0.2) is 4.39 Å². The van der Waals surface area contributed by atoms with Crippen LogP contribution in [0.5, 0.6) is 0 Å². The van der Waals surface area contributed by atoms with E-state index >= 15 is 0 Å². The van der Waals surface area contributed by atoms with Crippen LogP contribution in [0.1, 0.15) is 119 Å². The number of hydrogen-bond donors (Lipinski definition) is 0. The lowest BCUT2D eigenvalue weighted by molar-refractivity contribution is -0.150. The summed E-state index contributed by atoms with van der Waals surface area (Å²) in [6, 6.07) is 2.70. The van der Waals surface area contributed by atoms with Gasteiger partial charge in [0.2, 0.25) is 0 Å². The summed E-state index contributed by atoms with van der Waals surface area (Å²) in [7, 11) is 0. The normalized spacial score (nSPS) is 14.7. The maximum absolute atomic E-state index is 14.3. The van der Waals surface area contributed by atoms with Crippen molar-refractivity contribution in [3.8, 4) is 0 Å². The largest absolute Gasteiger partial charge is 0.465 e. The summed E-state index contributed by atoms with van der Waals surface area (Å²) in [6.45, 7) is 2.96. The number of amides is 1. The first-order valence-corrected chi connectivity index (χ1v) is 14.1. The number of hydrogen-bond acceptors (Lipinski definition) is 3. The fourth-order valence-corrected chi connectivity index (χ4v) is 4.82. The highest BCUT2D eigenvalue weighted by atomic mass is 19.4. The first-order chi connectivity index (χ1) is 17.8. The van der Waals surface area contributed by atoms with E-state index in [-0.39, 0.29) is 25.0 Å². The van der Waals surface area contributed by atoms with Gasteiger partial charge in [-0.3, -0.25) is 9.59 Å². The van der Waals surface area contributed by atoms with Crippen LogP contribution in [0.4, 0.5) is 17.6 Å². The Hall–Kier alpha value is -2.12. The predicted octanol–water partition coefficient (Wildman–Crippen LogP) is 8.33. The molecule has 0 spiro atoms. The van der Waals surface area contributed by atoms with Crippen LogP contribution in [0.3, 0.4) is 0 Å². The minimum absolute atomic E-state index is 0.174. The number of halogens is 4. The Morgan fingerprint density at radius 3 is 1.89 bits per heavy atom. The number of likely N-dealkylation sites (tertiary alicyclic amines) is 1. The van der Waals surface area contributed by atoms with Crippen molar-refractivity contribution in [3.05, 3.63) is 35.1 Å². The highest BCUT2D eigenvalue weighted by Gasteiger charge is 2.37. The summed E-state index contributed by atoms with van der Waals surface area (Å²) in [4.78, 5) is 26.3. The van der Waals surface area contributed by atoms with Crippen LogP contribution in [0.2, 0.25) is 0 Å². The Morgan fingerprint density at radius 1 is 0.865 bits per heavy atom. The van der Waals surface area contributed by atoms with Crippen molar-refractivity contribution < 1.29 is 31.9 Å². The molecule has 0 bridgehead atoms. The van der Waals surface area contributed by atoms with Crippen molar-refractivity contribution >= 4 is 11.9 Å². The number of nitrogens with zero attached hydrogens (tertiary/aromatic N) is 1. The van der Waals surface area contributed by atoms with E-state index in [2.05, 4.69) is 6.92 Å². The zero-order valence-corrected chi connectivity index (χ0v) is 22.2. The summed E-state index contributed by atoms with van der Waals surface area (Å²) in [5.74, 6) is -2.99. The molecule has 2 rings (SSSR count). The Balaban J connectivity index is 1.55. The summed E-state index contributed by atoms with van der Waals surface area (Å²) in [5.41, 5.74) is -2.05. The topological polar surface area (TPSA) is 46.6 Å². The fourth-order valence-electron chi connectivity index (χ4n) is 4.82. The first-order valence-electron chi connectivity index (χ1n) is 14.1. The first kappa shape index (κ1) is 31.1. The van der Waals surface area contributed by atoms with Crippen molar-refractivity contribution in [3.63, 3.8) is 0 Å². The van der Waals surface area contributed by atoms with Crippen molar-refractivity contribution in [2.75, 3.05) is 19.7 Å². The molecular formula is C29H43F4NO3. The SMILES string of the molecule is CCCCCCCCCCCCCCCOC(=O)C1CCN(C(=O)c2cccc(C(F)(F)F)c2F)CC1. The Labute approximate surface area is 219 Å². The summed E-state index contributed by atoms with van der Waals surface area (Å²) in [6.07, 6.45) is 12.0. The van der Waals surface area contributed by atoms with Crippen molar-refractivity contribution in [1.82, 2.24) is 4.90 Å². The minimum Gasteiger partial charge on any atom is -0.465 e. The molecule has 0 aliphatic carbocycles. The van der Waals surface area contributed by atoms with Gasteiger partial charge in [-0.15, -0.1) is 0 Å². The van der Waals surface area contributed by atoms with Gasteiger partial charge < -0.3 is 9.64 Å². The van der Waals surface area contributed by atoms with E-state index in [9.17, 15) is 27.2 Å². The van der Waals surface area contributed by atoms with Gasteiger partial charge in [0.05, 0.1) is 23.7 Å². The molecule has 210 valence electrons. The smallest absolute Gasteiger partial charge is 0.419 e. The lowest BCUT2D eigenvalue weighted by Gasteiger charge is -2.31. The zero-order valence-electron chi connectivity index (χ0n) is 22.2. The molecule has 1 aliphatic heterocycles. The molecule has 0 saturated carbocycles. The Kier molecular flexibility index (Phi) is 14.0. The van der Waals surface area contributed by atoms with Gasteiger partial charge in [0.1, 0.15) is 5.82 Å². The third kappa shape index (κ3) is 11.0. The highest BCUT2D eigenvalue weighted by Crippen LogP contribution is 2.33. The van der Waals surface area contributed by atoms with Crippen molar-refractivity contribution in [2.45, 2.75) is 109 Å². The van der Waals surface area contributed by atoms with E-state index in [1.165, 1.54) is 69.1 Å². The molecule has 4 nitrogen and oxygen atoms in total. The van der Waals surface area contributed by atoms with E-state index in [0.717, 1.165) is 31.4 Å². The van der Waals surface area contributed by atoms with E-state index < -0.39 is 29.0 Å². The summed E-state index contributed by atoms with van der Waals surface area (Å²) in [5, 5.41) is 0. The third-order valence-electron chi connectivity index (χ3n) is 7.14. The number of carbonyl (C=O) groups excluding carboxylic acids is 2. The lowest BCUT2D eigenvalue weighted by Crippen LogP contribution is -2.41. The summed E-state index contributed by atoms with van der Waals surface area (Å²) < 4.78 is 58.5. The molecule has 0 N–H and O–H groups in total. The molecular weight excluding hydrogens is 486 g/mol. The van der Waals surface area contributed by atoms with Crippen molar-refractivity contribution in [2.24, 2.45) is 5.92 Å². The Morgan fingerprint density at radius 2 is 1.38 bits per heavy atom. The van der Waals surface area contributed by atoms with Gasteiger partial charge in [-0.1, -0.05) is 90.0 Å². The molecule has 1 fully saturated rings. The molecule has 1 aromatic carbocycles. The number of unbranched alkanes of at least 4 members (excludes halogenated alkanes) is 12. The molecule has 1 heterocycles. The summed E-state index contributed by atoms with van der Waals surface area (Å²) >= 11 is 0. The van der Waals surface area contributed by atoms with Crippen LogP contribution in [0.15, 0.2) is 18.2 Å². The lowest BCUT2D eigenvalue weighted by atomic mass is 9.96. The number of piperidine rings is 1. The molecule has 37 heavy (non-hydrogen) atoms. The van der Waals surface area contributed by atoms with Gasteiger partial charge in [0, 0.05) is 13.1 Å². The number of alkyl halides is 3. The van der Waals surface area contributed by atoms with Crippen LogP contribution >= 0.6 is 0 Å². The van der Waals surface area contributed by atoms with Crippen LogP contribution in [0.25, 0.3) is 0 Å². The van der Waals surface area contributed by atoms with Gasteiger partial charge in [0.15, 0.2) is 0 Å². The maximum Gasteiger partial charge on any atom is 0.419 e. The second kappa shape index (κ2) is 16.7. The van der Waals surface area contributed by atoms with Gasteiger partial charge >= 0.3 is 12.1 Å². The van der Waals surface area contributed by atoms with E-state index in [0.29, 0.717) is 25.5 Å². The molecule has 1 aliphatic rings. The van der Waals surface area contributed by atoms with Crippen LogP contribution in [-0.4, -0.2) is 36.5 Å². The molecule has 1 amide bonds. The van der Waals surface area contributed by atoms with Gasteiger partial charge in [-0.2, -0.15) is 13.2 Å². The van der Waals surface area contributed by atoms with Crippen LogP contribution in [-0.2, 0) is 15.7 Å². The van der Waals surface area contributed by atoms with Crippen molar-refractivity contribution in [1.29, 1.82) is 0 Å². The number of carbonyl (C=O) groups is 2. The zero-order chi connectivity index (χ0) is 27.1. The predicted molar refractivity (Wildman–Crippen MR) is 137 cm³/mol. The van der Waals surface area contributed by atoms with E-state index in [1.807, 2.05) is 0 Å². The number of rotatable bonds is 16. The number of ether oxygens (including phenoxy) is 1. The number of esters is 1. The quantitative estimate of drug-likeness (QED) is 0.123. The molecule has 0 atom stereocenters. The second-order valence-electron chi connectivity index (χ2n) is 10.1. The van der Waals surface area contributed by atoms with E-state index in [1.54, 1.807) is 0 Å². The second-order valence-corrected chi connectivity index (χ2v) is 10.1. The van der Waals surface area contributed by atoms with Crippen LogP contribution < -0.4 is 0 Å². The highest BCUT2D eigenvalue weighted by molar-refractivity contribution is 5.95. The number of benzene rings is 1. The molecule has 1 aromatic rings. The van der Waals surface area contributed by atoms with Gasteiger partial charge in [-0.05, 0) is 31.4 Å². The molecule has 0 aromatic heterocycles. The monoisotopic (exact) mass is 529 g/mol. The Bertz CT molecular complexity index is 820. The van der Waals surface area contributed by atoms with Gasteiger partial charge in [0.25, 0.3) is 5.91 Å². The minimum atomic E-state index is -4.87. The molecule has 0 unspecified atom stereocenters. The molecule has 1 saturated heterocycles. The fraction of sp³-hybridized carbons (Fsp3) is 0.724. The average molecular weight is 530 g/mol. The molecule has 8 heteroatoms.